The van der Waals surface area contributed by atoms with Gasteiger partial charge in [-0.25, -0.2) is 14.6 Å². The van der Waals surface area contributed by atoms with Crippen molar-refractivity contribution < 1.29 is 4.79 Å². The molecular weight excluding hydrogens is 362 g/mol. The Morgan fingerprint density at radius 2 is 1.89 bits per heavy atom. The Hall–Kier alpha value is -2.81. The van der Waals surface area contributed by atoms with Crippen molar-refractivity contribution in [1.82, 2.24) is 30.2 Å². The number of nitrogens with one attached hydrogen (secondary N) is 1. The quantitative estimate of drug-likeness (QED) is 0.655. The van der Waals surface area contributed by atoms with Crippen LogP contribution in [-0.2, 0) is 4.79 Å². The van der Waals surface area contributed by atoms with E-state index in [9.17, 15) is 4.79 Å². The van der Waals surface area contributed by atoms with E-state index in [1.165, 1.54) is 24.6 Å². The minimum absolute atomic E-state index is 0.142. The average Bonchev–Trinajstić information content (AvgIpc) is 3.39. The van der Waals surface area contributed by atoms with Gasteiger partial charge >= 0.3 is 0 Å². The Morgan fingerprint density at radius 3 is 2.63 bits per heavy atom. The largest absolute Gasteiger partial charge is 0.323 e. The normalized spacial score (nSPS) is 14.4. The fourth-order valence-electron chi connectivity index (χ4n) is 3.11. The van der Waals surface area contributed by atoms with E-state index in [4.69, 9.17) is 0 Å². The van der Waals surface area contributed by atoms with Crippen LogP contribution < -0.4 is 5.32 Å². The van der Waals surface area contributed by atoms with Crippen LogP contribution in [-0.4, -0.2) is 41.8 Å². The molecule has 2 heterocycles. The highest BCUT2D eigenvalue weighted by molar-refractivity contribution is 7.99. The number of carbonyl (C=O) groups excluding carboxylic acids is 1. The van der Waals surface area contributed by atoms with Crippen LogP contribution in [0.25, 0.3) is 11.4 Å². The van der Waals surface area contributed by atoms with E-state index in [1.54, 1.807) is 12.4 Å². The first-order chi connectivity index (χ1) is 13.3. The van der Waals surface area contributed by atoms with E-state index in [1.807, 2.05) is 35.0 Å². The smallest absolute Gasteiger partial charge is 0.234 e. The van der Waals surface area contributed by atoms with Gasteiger partial charge in [0.15, 0.2) is 5.82 Å². The third-order valence-electron chi connectivity index (χ3n) is 4.43. The van der Waals surface area contributed by atoms with Crippen LogP contribution in [0.4, 0.5) is 5.69 Å². The summed E-state index contributed by atoms with van der Waals surface area (Å²) in [6, 6.07) is 10.1. The number of nitrogens with zero attached hydrogens (tertiary/aromatic N) is 6. The summed E-state index contributed by atoms with van der Waals surface area (Å²) in [5.41, 5.74) is 1.50. The first kappa shape index (κ1) is 17.6. The minimum Gasteiger partial charge on any atom is -0.323 e. The lowest BCUT2D eigenvalue weighted by Crippen LogP contribution is -2.16. The van der Waals surface area contributed by atoms with Gasteiger partial charge in [0.25, 0.3) is 0 Å². The molecule has 0 unspecified atom stereocenters. The average molecular weight is 381 g/mol. The molecule has 0 aliphatic heterocycles. The van der Waals surface area contributed by atoms with Crippen molar-refractivity contribution in [3.05, 3.63) is 42.7 Å². The molecule has 0 saturated heterocycles. The lowest BCUT2D eigenvalue weighted by Gasteiger charge is -2.10. The number of hydrogen-bond acceptors (Lipinski definition) is 7. The molecule has 0 spiro atoms. The number of hydrogen-bond donors (Lipinski definition) is 1. The number of benzene rings is 1. The van der Waals surface area contributed by atoms with Gasteiger partial charge in [0, 0.05) is 5.56 Å². The van der Waals surface area contributed by atoms with Gasteiger partial charge in [-0.2, -0.15) is 0 Å². The van der Waals surface area contributed by atoms with Crippen LogP contribution in [0.1, 0.15) is 31.7 Å². The third kappa shape index (κ3) is 4.30. The van der Waals surface area contributed by atoms with Crippen LogP contribution in [0.15, 0.2) is 47.9 Å². The van der Waals surface area contributed by atoms with Gasteiger partial charge in [-0.05, 0) is 23.3 Å². The number of tetrazole rings is 1. The Morgan fingerprint density at radius 1 is 1.15 bits per heavy atom. The first-order valence-electron chi connectivity index (χ1n) is 8.87. The molecule has 3 aromatic rings. The third-order valence-corrected chi connectivity index (χ3v) is 5.37. The van der Waals surface area contributed by atoms with Crippen LogP contribution in [0.2, 0.25) is 0 Å². The molecule has 4 rings (SSSR count). The van der Waals surface area contributed by atoms with Crippen molar-refractivity contribution >= 4 is 23.4 Å². The predicted octanol–water partition coefficient (Wildman–Crippen LogP) is 2.98. The maximum atomic E-state index is 12.2. The van der Waals surface area contributed by atoms with Crippen LogP contribution in [0.5, 0.6) is 0 Å². The SMILES string of the molecule is O=C(CSc1nnnn1C1CCCC1)Nc1cnc(-c2ccccc2)nc1. The van der Waals surface area contributed by atoms with Gasteiger partial charge in [0.2, 0.25) is 11.1 Å². The van der Waals surface area contributed by atoms with Crippen LogP contribution >= 0.6 is 11.8 Å². The zero-order chi connectivity index (χ0) is 18.5. The summed E-state index contributed by atoms with van der Waals surface area (Å²) in [6.07, 6.45) is 7.81. The molecule has 27 heavy (non-hydrogen) atoms. The molecule has 2 aromatic heterocycles. The van der Waals surface area contributed by atoms with Crippen molar-refractivity contribution in [2.75, 3.05) is 11.1 Å². The Kier molecular flexibility index (Phi) is 5.38. The Balaban J connectivity index is 1.33. The second-order valence-electron chi connectivity index (χ2n) is 6.34. The summed E-state index contributed by atoms with van der Waals surface area (Å²) in [4.78, 5) is 20.8. The number of aromatic nitrogens is 6. The molecule has 1 aliphatic carbocycles. The maximum Gasteiger partial charge on any atom is 0.234 e. The fraction of sp³-hybridized carbons (Fsp3) is 0.333. The Bertz CT molecular complexity index is 892. The molecule has 9 heteroatoms. The lowest BCUT2D eigenvalue weighted by atomic mass is 10.2. The monoisotopic (exact) mass is 381 g/mol. The first-order valence-corrected chi connectivity index (χ1v) is 9.86. The van der Waals surface area contributed by atoms with E-state index in [0.29, 0.717) is 22.7 Å². The van der Waals surface area contributed by atoms with Gasteiger partial charge in [-0.1, -0.05) is 54.9 Å². The summed E-state index contributed by atoms with van der Waals surface area (Å²) in [7, 11) is 0. The van der Waals surface area contributed by atoms with Gasteiger partial charge < -0.3 is 5.32 Å². The second-order valence-corrected chi connectivity index (χ2v) is 7.29. The van der Waals surface area contributed by atoms with E-state index >= 15 is 0 Å². The molecule has 0 bridgehead atoms. The van der Waals surface area contributed by atoms with Gasteiger partial charge in [0.1, 0.15) is 0 Å². The summed E-state index contributed by atoms with van der Waals surface area (Å²) in [5.74, 6) is 0.712. The highest BCUT2D eigenvalue weighted by Crippen LogP contribution is 2.31. The second kappa shape index (κ2) is 8.26. The molecule has 8 nitrogen and oxygen atoms in total. The van der Waals surface area contributed by atoms with Crippen molar-refractivity contribution in [3.8, 4) is 11.4 Å². The number of anilines is 1. The summed E-state index contributed by atoms with van der Waals surface area (Å²) < 4.78 is 1.85. The molecule has 0 radical (unpaired) electrons. The zero-order valence-electron chi connectivity index (χ0n) is 14.7. The number of amides is 1. The number of thioether (sulfide) groups is 1. The maximum absolute atomic E-state index is 12.2. The molecule has 1 fully saturated rings. The molecule has 1 aliphatic rings. The van der Waals surface area contributed by atoms with Crippen LogP contribution in [0, 0.1) is 0 Å². The van der Waals surface area contributed by atoms with Crippen LogP contribution in [0.3, 0.4) is 0 Å². The van der Waals surface area contributed by atoms with E-state index < -0.39 is 0 Å². The van der Waals surface area contributed by atoms with Crippen molar-refractivity contribution in [3.63, 3.8) is 0 Å². The number of carbonyl (C=O) groups is 1. The van der Waals surface area contributed by atoms with Crippen molar-refractivity contribution in [2.24, 2.45) is 0 Å². The van der Waals surface area contributed by atoms with Gasteiger partial charge in [-0.3, -0.25) is 4.79 Å². The van der Waals surface area contributed by atoms with E-state index in [0.717, 1.165) is 18.4 Å². The fourth-order valence-corrected chi connectivity index (χ4v) is 3.86. The summed E-state index contributed by atoms with van der Waals surface area (Å²) in [5, 5.41) is 15.4. The lowest BCUT2D eigenvalue weighted by molar-refractivity contribution is -0.113. The molecule has 1 aromatic carbocycles. The molecule has 0 atom stereocenters. The minimum atomic E-state index is -0.142. The van der Waals surface area contributed by atoms with Gasteiger partial charge in [-0.15, -0.1) is 5.10 Å². The van der Waals surface area contributed by atoms with Crippen molar-refractivity contribution in [1.29, 1.82) is 0 Å². The standard InChI is InChI=1S/C18H19N7OS/c26-16(12-27-18-22-23-24-25(18)15-8-4-5-9-15)21-14-10-19-17(20-11-14)13-6-2-1-3-7-13/h1-3,6-7,10-11,15H,4-5,8-9,12H2,(H,21,26). The highest BCUT2D eigenvalue weighted by atomic mass is 32.2. The van der Waals surface area contributed by atoms with Crippen molar-refractivity contribution in [2.45, 2.75) is 36.9 Å². The molecule has 1 amide bonds. The summed E-state index contributed by atoms with van der Waals surface area (Å²) in [6.45, 7) is 0. The predicted molar refractivity (Wildman–Crippen MR) is 102 cm³/mol. The number of rotatable bonds is 6. The topological polar surface area (TPSA) is 98.5 Å². The van der Waals surface area contributed by atoms with E-state index in [-0.39, 0.29) is 11.7 Å². The molecular formula is C18H19N7OS. The zero-order valence-corrected chi connectivity index (χ0v) is 15.5. The van der Waals surface area contributed by atoms with E-state index in [2.05, 4.69) is 30.8 Å². The highest BCUT2D eigenvalue weighted by Gasteiger charge is 2.22. The molecule has 1 saturated carbocycles. The summed E-state index contributed by atoms with van der Waals surface area (Å²) >= 11 is 1.34. The Labute approximate surface area is 160 Å². The van der Waals surface area contributed by atoms with Gasteiger partial charge in [0.05, 0.1) is 29.9 Å². The molecule has 1 N–H and O–H groups in total. The molecule has 138 valence electrons.